The van der Waals surface area contributed by atoms with Gasteiger partial charge in [0.25, 0.3) is 0 Å². The molecule has 1 aromatic rings. The number of carbonyl (C=O) groups is 1. The third-order valence-corrected chi connectivity index (χ3v) is 5.28. The number of hydrogen-bond acceptors (Lipinski definition) is 3. The molecule has 2 rings (SSSR count). The summed E-state index contributed by atoms with van der Waals surface area (Å²) in [6, 6.07) is 2.50. The summed E-state index contributed by atoms with van der Waals surface area (Å²) in [6.07, 6.45) is 6.14. The number of nitrogens with one attached hydrogen (secondary N) is 1. The average molecular weight is 335 g/mol. The van der Waals surface area contributed by atoms with Gasteiger partial charge in [-0.05, 0) is 50.2 Å². The third-order valence-electron chi connectivity index (χ3n) is 3.71. The Morgan fingerprint density at radius 1 is 1.35 bits per heavy atom. The van der Waals surface area contributed by atoms with Crippen LogP contribution >= 0.6 is 34.5 Å². The molecule has 0 atom stereocenters. The van der Waals surface area contributed by atoms with Crippen LogP contribution in [0.5, 0.6) is 0 Å². The topological polar surface area (TPSA) is 55.1 Å². The van der Waals surface area contributed by atoms with Crippen LogP contribution < -0.4 is 11.1 Å². The summed E-state index contributed by atoms with van der Waals surface area (Å²) in [4.78, 5) is 11.9. The van der Waals surface area contributed by atoms with E-state index in [0.717, 1.165) is 48.4 Å². The number of thiophene rings is 1. The molecule has 20 heavy (non-hydrogen) atoms. The van der Waals surface area contributed by atoms with E-state index < -0.39 is 0 Å². The number of nitrogens with two attached hydrogens (primary N) is 1. The van der Waals surface area contributed by atoms with Gasteiger partial charge in [-0.1, -0.05) is 23.2 Å². The first kappa shape index (κ1) is 16.1. The Labute approximate surface area is 133 Å². The first-order valence-electron chi connectivity index (χ1n) is 7.03. The Balaban J connectivity index is 1.66. The summed E-state index contributed by atoms with van der Waals surface area (Å²) in [5.41, 5.74) is 6.89. The number of rotatable bonds is 5. The lowest BCUT2D eigenvalue weighted by atomic mass is 9.92. The maximum absolute atomic E-state index is 11.9. The number of halogens is 2. The zero-order valence-electron chi connectivity index (χ0n) is 11.3. The molecule has 0 bridgehead atoms. The summed E-state index contributed by atoms with van der Waals surface area (Å²) in [7, 11) is 0. The van der Waals surface area contributed by atoms with Gasteiger partial charge >= 0.3 is 0 Å². The third kappa shape index (κ3) is 4.92. The zero-order chi connectivity index (χ0) is 14.5. The Morgan fingerprint density at radius 2 is 2.05 bits per heavy atom. The molecule has 0 spiro atoms. The van der Waals surface area contributed by atoms with Gasteiger partial charge in [0.2, 0.25) is 5.91 Å². The quantitative estimate of drug-likeness (QED) is 0.861. The van der Waals surface area contributed by atoms with E-state index in [9.17, 15) is 4.79 Å². The first-order chi connectivity index (χ1) is 9.54. The highest BCUT2D eigenvalue weighted by Crippen LogP contribution is 2.32. The van der Waals surface area contributed by atoms with Crippen molar-refractivity contribution in [2.24, 2.45) is 5.73 Å². The number of aryl methyl sites for hydroxylation is 1. The lowest BCUT2D eigenvalue weighted by molar-refractivity contribution is -0.122. The summed E-state index contributed by atoms with van der Waals surface area (Å²) in [5.74, 6) is 0.128. The van der Waals surface area contributed by atoms with Crippen molar-refractivity contribution >= 4 is 40.4 Å². The van der Waals surface area contributed by atoms with E-state index in [2.05, 4.69) is 5.32 Å². The van der Waals surface area contributed by atoms with Crippen LogP contribution in [0.15, 0.2) is 6.07 Å². The smallest absolute Gasteiger partial charge is 0.220 e. The maximum atomic E-state index is 11.9. The molecule has 0 saturated heterocycles. The van der Waals surface area contributed by atoms with E-state index in [1.54, 1.807) is 0 Å². The Kier molecular flexibility index (Phi) is 6.15. The van der Waals surface area contributed by atoms with Gasteiger partial charge in [0.1, 0.15) is 0 Å². The highest BCUT2D eigenvalue weighted by atomic mass is 35.5. The molecule has 112 valence electrons. The fourth-order valence-corrected chi connectivity index (χ4v) is 4.09. The van der Waals surface area contributed by atoms with Crippen LogP contribution in [0, 0.1) is 0 Å². The molecule has 1 aliphatic rings. The molecule has 3 nitrogen and oxygen atoms in total. The molecule has 0 aromatic carbocycles. The minimum atomic E-state index is 0.128. The van der Waals surface area contributed by atoms with E-state index in [4.69, 9.17) is 28.9 Å². The van der Waals surface area contributed by atoms with E-state index in [1.807, 2.05) is 6.07 Å². The second-order valence-electron chi connectivity index (χ2n) is 5.38. The van der Waals surface area contributed by atoms with Crippen molar-refractivity contribution in [3.8, 4) is 0 Å². The second-order valence-corrected chi connectivity index (χ2v) is 7.67. The fraction of sp³-hybridized carbons (Fsp3) is 0.643. The van der Waals surface area contributed by atoms with E-state index in [0.29, 0.717) is 22.8 Å². The highest BCUT2D eigenvalue weighted by Gasteiger charge is 2.19. The summed E-state index contributed by atoms with van der Waals surface area (Å²) in [5, 5.41) is 3.09. The molecule has 0 radical (unpaired) electrons. The van der Waals surface area contributed by atoms with Gasteiger partial charge in [-0.15, -0.1) is 11.3 Å². The van der Waals surface area contributed by atoms with Crippen LogP contribution in [0.2, 0.25) is 8.67 Å². The molecule has 1 aromatic heterocycles. The van der Waals surface area contributed by atoms with Crippen LogP contribution in [0.4, 0.5) is 0 Å². The monoisotopic (exact) mass is 334 g/mol. The van der Waals surface area contributed by atoms with E-state index in [1.165, 1.54) is 11.3 Å². The minimum absolute atomic E-state index is 0.128. The van der Waals surface area contributed by atoms with Crippen molar-refractivity contribution in [3.05, 3.63) is 20.3 Å². The predicted octanol–water partition coefficient (Wildman–Crippen LogP) is 3.76. The van der Waals surface area contributed by atoms with Crippen LogP contribution in [0.1, 0.15) is 44.1 Å². The molecular formula is C14H20Cl2N2OS. The van der Waals surface area contributed by atoms with Crippen LogP contribution in [0.25, 0.3) is 0 Å². The van der Waals surface area contributed by atoms with E-state index >= 15 is 0 Å². The number of carbonyl (C=O) groups excluding carboxylic acids is 1. The molecule has 0 aliphatic heterocycles. The van der Waals surface area contributed by atoms with E-state index in [-0.39, 0.29) is 5.91 Å². The van der Waals surface area contributed by atoms with Gasteiger partial charge in [-0.25, -0.2) is 0 Å². The van der Waals surface area contributed by atoms with Crippen LogP contribution in [-0.2, 0) is 11.2 Å². The Hall–Kier alpha value is -0.290. The molecular weight excluding hydrogens is 315 g/mol. The highest BCUT2D eigenvalue weighted by molar-refractivity contribution is 7.20. The van der Waals surface area contributed by atoms with Gasteiger partial charge in [-0.3, -0.25) is 4.79 Å². The van der Waals surface area contributed by atoms with Gasteiger partial charge in [0.15, 0.2) is 0 Å². The number of hydrogen-bond donors (Lipinski definition) is 2. The zero-order valence-corrected chi connectivity index (χ0v) is 13.7. The van der Waals surface area contributed by atoms with Crippen molar-refractivity contribution in [1.29, 1.82) is 0 Å². The van der Waals surface area contributed by atoms with Crippen molar-refractivity contribution in [3.63, 3.8) is 0 Å². The SMILES string of the molecule is NC1CCC(NC(=O)CCCc2cc(Cl)sc2Cl)CC1. The summed E-state index contributed by atoms with van der Waals surface area (Å²) >= 11 is 13.3. The van der Waals surface area contributed by atoms with Crippen molar-refractivity contribution < 1.29 is 4.79 Å². The fourth-order valence-electron chi connectivity index (χ4n) is 2.55. The van der Waals surface area contributed by atoms with Gasteiger partial charge in [0.05, 0.1) is 8.67 Å². The van der Waals surface area contributed by atoms with Crippen molar-refractivity contribution in [1.82, 2.24) is 5.32 Å². The normalized spacial score (nSPS) is 22.8. The van der Waals surface area contributed by atoms with Crippen molar-refractivity contribution in [2.45, 2.75) is 57.0 Å². The lowest BCUT2D eigenvalue weighted by Crippen LogP contribution is -2.40. The first-order valence-corrected chi connectivity index (χ1v) is 8.60. The predicted molar refractivity (Wildman–Crippen MR) is 85.7 cm³/mol. The van der Waals surface area contributed by atoms with Crippen LogP contribution in [-0.4, -0.2) is 18.0 Å². The molecule has 6 heteroatoms. The number of amides is 1. The lowest BCUT2D eigenvalue weighted by Gasteiger charge is -2.26. The van der Waals surface area contributed by atoms with Crippen LogP contribution in [0.3, 0.4) is 0 Å². The Morgan fingerprint density at radius 3 is 2.65 bits per heavy atom. The summed E-state index contributed by atoms with van der Waals surface area (Å²) in [6.45, 7) is 0. The molecule has 3 N–H and O–H groups in total. The maximum Gasteiger partial charge on any atom is 0.220 e. The largest absolute Gasteiger partial charge is 0.353 e. The standard InChI is InChI=1S/C14H20Cl2N2OS/c15-12-8-9(14(16)20-12)2-1-3-13(19)18-11-6-4-10(17)5-7-11/h8,10-11H,1-7,17H2,(H,18,19). The molecule has 0 unspecified atom stereocenters. The summed E-state index contributed by atoms with van der Waals surface area (Å²) < 4.78 is 1.43. The molecule has 1 aliphatic carbocycles. The second kappa shape index (κ2) is 7.64. The molecule has 1 amide bonds. The van der Waals surface area contributed by atoms with Gasteiger partial charge in [-0.2, -0.15) is 0 Å². The molecule has 1 fully saturated rings. The molecule has 1 heterocycles. The Bertz CT molecular complexity index is 456. The van der Waals surface area contributed by atoms with Gasteiger partial charge in [0, 0.05) is 18.5 Å². The molecule has 1 saturated carbocycles. The minimum Gasteiger partial charge on any atom is -0.353 e. The average Bonchev–Trinajstić information content (AvgIpc) is 2.71. The van der Waals surface area contributed by atoms with Gasteiger partial charge < -0.3 is 11.1 Å². The van der Waals surface area contributed by atoms with Crippen molar-refractivity contribution in [2.75, 3.05) is 0 Å².